The molecule has 64 heavy (non-hydrogen) atoms. The van der Waals surface area contributed by atoms with Crippen molar-refractivity contribution in [1.82, 2.24) is 31.2 Å². The van der Waals surface area contributed by atoms with Crippen LogP contribution in [0.5, 0.6) is 5.75 Å². The molecule has 8 N–H and O–H groups in total. The highest BCUT2D eigenvalue weighted by Crippen LogP contribution is 2.46. The number of carbonyl (C=O) groups excluding carboxylic acids is 7. The predicted molar refractivity (Wildman–Crippen MR) is 246 cm³/mol. The Morgan fingerprint density at radius 3 is 2.33 bits per heavy atom. The monoisotopic (exact) mass is 939 g/mol. The van der Waals surface area contributed by atoms with Crippen molar-refractivity contribution in [3.05, 3.63) is 77.5 Å². The second-order valence-corrected chi connectivity index (χ2v) is 17.3. The molecule has 0 spiro atoms. The fraction of sp³-hybridized carbons (Fsp3) is 0.413. The zero-order chi connectivity index (χ0) is 45.7. The highest BCUT2D eigenvalue weighted by molar-refractivity contribution is 9.09. The van der Waals surface area contributed by atoms with Crippen LogP contribution < -0.4 is 36.8 Å². The first-order valence-electron chi connectivity index (χ1n) is 21.7. The van der Waals surface area contributed by atoms with Gasteiger partial charge in [0.05, 0.1) is 18.3 Å². The van der Waals surface area contributed by atoms with Crippen LogP contribution in [-0.4, -0.2) is 120 Å². The topological polar surface area (TPSA) is 239 Å². The highest BCUT2D eigenvalue weighted by atomic mass is 79.9. The van der Waals surface area contributed by atoms with Crippen LogP contribution in [0.4, 0.5) is 11.4 Å². The standard InChI is InChI=1S/C46H54BrN9O8/c1-26(2)43(51-24-39(59)50-18-17-49-38(58)10-6-19-55-40(60)13-14-41(55)61)44(62)53-33(9-5-16-48)45(63)54-20-15-28-31-21-34(52-32(31)11-12-35(28)54)46(64)56-25-27(23-47)42-30-8-4-3-7-29(30)37(57)22-36(42)56/h3-4,7-8,11-14,21-22,26-27,33,43,51-52,57H,5-6,9-10,15-20,23-25,48H2,1-2H3,(H,49,58)(H,50,59)(H,53,62)/t27-,33+,43+/m1/s1. The van der Waals surface area contributed by atoms with Crippen LogP contribution in [-0.2, 0) is 35.2 Å². The lowest BCUT2D eigenvalue weighted by Gasteiger charge is -2.28. The Hall–Kier alpha value is -6.11. The first-order valence-corrected chi connectivity index (χ1v) is 22.8. The van der Waals surface area contributed by atoms with Crippen molar-refractivity contribution in [2.24, 2.45) is 11.7 Å². The van der Waals surface area contributed by atoms with E-state index in [1.165, 1.54) is 12.2 Å². The fourth-order valence-electron chi connectivity index (χ4n) is 8.81. The van der Waals surface area contributed by atoms with E-state index in [1.54, 1.807) is 15.9 Å². The zero-order valence-electron chi connectivity index (χ0n) is 35.9. The summed E-state index contributed by atoms with van der Waals surface area (Å²) in [5, 5.41) is 25.4. The number of nitrogens with zero attached hydrogens (tertiary/aromatic N) is 3. The molecule has 0 aliphatic carbocycles. The molecule has 0 radical (unpaired) electrons. The van der Waals surface area contributed by atoms with E-state index in [0.29, 0.717) is 67.7 Å². The van der Waals surface area contributed by atoms with E-state index < -0.39 is 35.7 Å². The van der Waals surface area contributed by atoms with E-state index in [-0.39, 0.29) is 67.9 Å². The lowest BCUT2D eigenvalue weighted by molar-refractivity contribution is -0.137. The molecule has 17 nitrogen and oxygen atoms in total. The molecule has 0 saturated heterocycles. The van der Waals surface area contributed by atoms with Crippen molar-refractivity contribution < 1.29 is 38.7 Å². The number of nitrogens with two attached hydrogens (primary N) is 1. The number of alkyl halides is 1. The normalized spacial score (nSPS) is 16.5. The van der Waals surface area contributed by atoms with Gasteiger partial charge in [-0.1, -0.05) is 54.0 Å². The van der Waals surface area contributed by atoms with E-state index in [2.05, 4.69) is 42.2 Å². The van der Waals surface area contributed by atoms with Crippen LogP contribution in [0.15, 0.2) is 60.7 Å². The maximum absolute atomic E-state index is 14.3. The summed E-state index contributed by atoms with van der Waals surface area (Å²) in [6.07, 6.45) is 4.13. The summed E-state index contributed by atoms with van der Waals surface area (Å²) < 4.78 is 0. The van der Waals surface area contributed by atoms with Gasteiger partial charge in [-0.3, -0.25) is 43.8 Å². The number of rotatable bonds is 19. The van der Waals surface area contributed by atoms with Crippen LogP contribution in [0.3, 0.4) is 0 Å². The molecule has 3 aromatic carbocycles. The number of phenols is 1. The number of carbonyl (C=O) groups is 7. The Kier molecular flexibility index (Phi) is 14.5. The number of anilines is 2. The number of benzene rings is 3. The van der Waals surface area contributed by atoms with Crippen LogP contribution in [0.1, 0.15) is 67.1 Å². The maximum Gasteiger partial charge on any atom is 0.274 e. The van der Waals surface area contributed by atoms with Crippen molar-refractivity contribution in [2.75, 3.05) is 60.9 Å². The SMILES string of the molecule is CC(C)[C@H](NCC(=O)NCCNC(=O)CCCN1C(=O)C=CC1=O)C(=O)N[C@@H](CCCN)C(=O)N1CCc2c1ccc1[nH]c(C(=O)N3C[C@@H](CBr)c4c3cc(O)c3ccccc43)cc21. The van der Waals surface area contributed by atoms with Crippen LogP contribution in [0, 0.1) is 5.92 Å². The van der Waals surface area contributed by atoms with Gasteiger partial charge in [0.1, 0.15) is 17.5 Å². The molecule has 7 amide bonds. The minimum atomic E-state index is -0.889. The third-order valence-corrected chi connectivity index (χ3v) is 12.8. The Morgan fingerprint density at radius 2 is 1.62 bits per heavy atom. The Morgan fingerprint density at radius 1 is 0.906 bits per heavy atom. The average Bonchev–Trinajstić information content (AvgIpc) is 4.07. The molecule has 3 atom stereocenters. The van der Waals surface area contributed by atoms with Crippen molar-refractivity contribution in [3.8, 4) is 5.75 Å². The lowest BCUT2D eigenvalue weighted by Crippen LogP contribution is -2.56. The summed E-state index contributed by atoms with van der Waals surface area (Å²) in [6.45, 7) is 5.06. The molecular formula is C46H54BrN9O8. The van der Waals surface area contributed by atoms with Gasteiger partial charge in [-0.2, -0.15) is 0 Å². The average molecular weight is 941 g/mol. The molecule has 0 fully saturated rings. The molecule has 0 saturated carbocycles. The van der Waals surface area contributed by atoms with E-state index in [1.807, 2.05) is 56.3 Å². The van der Waals surface area contributed by atoms with Gasteiger partial charge in [0, 0.05) is 90.6 Å². The molecule has 0 bridgehead atoms. The van der Waals surface area contributed by atoms with Gasteiger partial charge in [0.15, 0.2) is 0 Å². The number of aromatic nitrogens is 1. The molecule has 0 unspecified atom stereocenters. The van der Waals surface area contributed by atoms with Crippen molar-refractivity contribution in [2.45, 2.75) is 64.0 Å². The molecule has 1 aromatic heterocycles. The molecule has 18 heteroatoms. The highest BCUT2D eigenvalue weighted by Gasteiger charge is 2.37. The summed E-state index contributed by atoms with van der Waals surface area (Å²) >= 11 is 3.64. The number of phenolic OH excluding ortho intramolecular Hbond substituents is 1. The number of H-pyrrole nitrogens is 1. The number of hydrogen-bond acceptors (Lipinski definition) is 10. The van der Waals surface area contributed by atoms with Gasteiger partial charge >= 0.3 is 0 Å². The number of aromatic hydroxyl groups is 1. The summed E-state index contributed by atoms with van der Waals surface area (Å²) in [6, 6.07) is 13.2. The molecular weight excluding hydrogens is 886 g/mol. The van der Waals surface area contributed by atoms with Crippen LogP contribution in [0.2, 0.25) is 0 Å². The number of fused-ring (bicyclic) bond motifs is 6. The minimum absolute atomic E-state index is 0.0285. The minimum Gasteiger partial charge on any atom is -0.507 e. The zero-order valence-corrected chi connectivity index (χ0v) is 37.5. The summed E-state index contributed by atoms with van der Waals surface area (Å²) in [4.78, 5) is 98.3. The molecule has 338 valence electrons. The molecule has 7 rings (SSSR count). The van der Waals surface area contributed by atoms with Crippen LogP contribution in [0.25, 0.3) is 21.7 Å². The molecule has 4 aromatic rings. The second kappa shape index (κ2) is 20.2. The summed E-state index contributed by atoms with van der Waals surface area (Å²) in [7, 11) is 0. The molecule has 3 aliphatic heterocycles. The number of halogens is 1. The van der Waals surface area contributed by atoms with Gasteiger partial charge in [-0.05, 0) is 72.9 Å². The number of amides is 7. The van der Waals surface area contributed by atoms with E-state index >= 15 is 0 Å². The number of aromatic amines is 1. The van der Waals surface area contributed by atoms with Gasteiger partial charge < -0.3 is 41.6 Å². The Bertz CT molecular complexity index is 2500. The summed E-state index contributed by atoms with van der Waals surface area (Å²) in [5.74, 6) is -2.52. The Labute approximate surface area is 378 Å². The predicted octanol–water partition coefficient (Wildman–Crippen LogP) is 2.83. The number of imide groups is 1. The van der Waals surface area contributed by atoms with Crippen molar-refractivity contribution in [3.63, 3.8) is 0 Å². The van der Waals surface area contributed by atoms with Crippen molar-refractivity contribution >= 4 is 90.3 Å². The maximum atomic E-state index is 14.3. The van der Waals surface area contributed by atoms with Gasteiger partial charge in [0.25, 0.3) is 17.7 Å². The smallest absolute Gasteiger partial charge is 0.274 e. The van der Waals surface area contributed by atoms with E-state index in [4.69, 9.17) is 5.73 Å². The molecule has 4 heterocycles. The fourth-order valence-corrected chi connectivity index (χ4v) is 9.34. The second-order valence-electron chi connectivity index (χ2n) is 16.6. The lowest BCUT2D eigenvalue weighted by atomic mass is 9.95. The van der Waals surface area contributed by atoms with E-state index in [9.17, 15) is 38.7 Å². The quantitative estimate of drug-likeness (QED) is 0.0412. The Balaban J connectivity index is 0.951. The van der Waals surface area contributed by atoms with Gasteiger partial charge in [0.2, 0.25) is 23.6 Å². The molecule has 3 aliphatic rings. The summed E-state index contributed by atoms with van der Waals surface area (Å²) in [5.41, 5.74) is 10.3. The van der Waals surface area contributed by atoms with Crippen LogP contribution >= 0.6 is 15.9 Å². The van der Waals surface area contributed by atoms with Crippen molar-refractivity contribution in [1.29, 1.82) is 0 Å². The first kappa shape index (κ1) is 45.9. The first-order chi connectivity index (χ1) is 30.8. The van der Waals surface area contributed by atoms with Gasteiger partial charge in [-0.25, -0.2) is 0 Å². The third kappa shape index (κ3) is 9.68. The number of hydrogen-bond donors (Lipinski definition) is 7. The third-order valence-electron chi connectivity index (χ3n) is 12.0. The van der Waals surface area contributed by atoms with Gasteiger partial charge in [-0.15, -0.1) is 0 Å². The van der Waals surface area contributed by atoms with E-state index in [0.717, 1.165) is 37.7 Å². The number of nitrogens with one attached hydrogen (secondary N) is 5. The largest absolute Gasteiger partial charge is 0.507 e.